The van der Waals surface area contributed by atoms with Crippen molar-refractivity contribution < 1.29 is 34.3 Å². The van der Waals surface area contributed by atoms with E-state index in [9.17, 15) is 24.8 Å². The third-order valence-corrected chi connectivity index (χ3v) is 10.3. The number of hydrogen-bond donors (Lipinski definition) is 4. The Morgan fingerprint density at radius 3 is 2.15 bits per heavy atom. The van der Waals surface area contributed by atoms with Gasteiger partial charge in [0, 0.05) is 81.9 Å². The molecule has 2 fully saturated rings. The second-order valence-electron chi connectivity index (χ2n) is 14.1. The molecule has 0 aliphatic carbocycles. The molecule has 0 radical (unpaired) electrons. The number of anilines is 1. The van der Waals surface area contributed by atoms with Gasteiger partial charge in [0.1, 0.15) is 0 Å². The number of nitro benzene ring substituents is 1. The summed E-state index contributed by atoms with van der Waals surface area (Å²) in [6.07, 6.45) is 2.37. The smallest absolute Gasteiger partial charge is 0.269 e. The van der Waals surface area contributed by atoms with Crippen LogP contribution in [-0.4, -0.2) is 70.8 Å². The summed E-state index contributed by atoms with van der Waals surface area (Å²) >= 11 is 0. The lowest BCUT2D eigenvalue weighted by Gasteiger charge is -2.41. The standard InChI is InChI=1S/C42H49N5O8/c48-29-30-10-12-32(13-11-30)39-26-37(28-45-22-24-46(25-23-45)35-18-20-36(21-19-35)47(52)53)54-42(55-39)33-16-14-31(15-17-33)38-7-5-4-6-34(38)27-43-40(49)8-2-1-3-9-41(50)44-51/h4-7,10-21,37,39,42,48,51H,1-3,8-9,22-29H2,(H,43,49)(H,44,50). The van der Waals surface area contributed by atoms with E-state index in [4.69, 9.17) is 14.7 Å². The predicted octanol–water partition coefficient (Wildman–Crippen LogP) is 6.19. The molecular formula is C42H49N5O8. The third-order valence-electron chi connectivity index (χ3n) is 10.3. The van der Waals surface area contributed by atoms with E-state index in [1.54, 1.807) is 17.6 Å². The van der Waals surface area contributed by atoms with Crippen LogP contribution in [0.5, 0.6) is 0 Å². The van der Waals surface area contributed by atoms with Gasteiger partial charge >= 0.3 is 0 Å². The molecule has 2 saturated heterocycles. The number of hydroxylamine groups is 1. The lowest BCUT2D eigenvalue weighted by Crippen LogP contribution is -2.49. The van der Waals surface area contributed by atoms with E-state index in [0.717, 1.165) is 78.2 Å². The van der Waals surface area contributed by atoms with Gasteiger partial charge in [-0.2, -0.15) is 0 Å². The molecule has 4 aromatic carbocycles. The number of unbranched alkanes of at least 4 members (excludes halogenated alkanes) is 2. The van der Waals surface area contributed by atoms with Crippen LogP contribution in [0.15, 0.2) is 97.1 Å². The lowest BCUT2D eigenvalue weighted by molar-refractivity contribution is -0.384. The van der Waals surface area contributed by atoms with Gasteiger partial charge in [-0.3, -0.25) is 29.8 Å². The molecule has 2 amide bonds. The van der Waals surface area contributed by atoms with Crippen LogP contribution in [0, 0.1) is 10.1 Å². The number of aliphatic hydroxyl groups is 1. The fraction of sp³-hybridized carbons (Fsp3) is 0.381. The van der Waals surface area contributed by atoms with Crippen molar-refractivity contribution in [3.63, 3.8) is 0 Å². The van der Waals surface area contributed by atoms with E-state index in [1.807, 2.05) is 72.8 Å². The molecule has 0 saturated carbocycles. The summed E-state index contributed by atoms with van der Waals surface area (Å²) < 4.78 is 13.3. The average molecular weight is 752 g/mol. The van der Waals surface area contributed by atoms with Crippen molar-refractivity contribution in [1.29, 1.82) is 0 Å². The van der Waals surface area contributed by atoms with Crippen LogP contribution >= 0.6 is 0 Å². The Balaban J connectivity index is 1.09. The molecule has 0 spiro atoms. The van der Waals surface area contributed by atoms with E-state index in [2.05, 4.69) is 27.2 Å². The van der Waals surface area contributed by atoms with E-state index in [0.29, 0.717) is 32.2 Å². The van der Waals surface area contributed by atoms with E-state index in [1.165, 1.54) is 0 Å². The Hall–Kier alpha value is -5.18. The summed E-state index contributed by atoms with van der Waals surface area (Å²) in [5.74, 6) is -0.471. The molecule has 3 atom stereocenters. The van der Waals surface area contributed by atoms with Gasteiger partial charge < -0.3 is 24.8 Å². The highest BCUT2D eigenvalue weighted by Gasteiger charge is 2.34. The van der Waals surface area contributed by atoms with Crippen LogP contribution in [0.4, 0.5) is 11.4 Å². The summed E-state index contributed by atoms with van der Waals surface area (Å²) in [5.41, 5.74) is 8.47. The number of nitrogens with one attached hydrogen (secondary N) is 2. The first-order valence-electron chi connectivity index (χ1n) is 18.9. The van der Waals surface area contributed by atoms with E-state index in [-0.39, 0.29) is 41.8 Å². The summed E-state index contributed by atoms with van der Waals surface area (Å²) in [7, 11) is 0. The van der Waals surface area contributed by atoms with E-state index < -0.39 is 12.2 Å². The largest absolute Gasteiger partial charge is 0.392 e. The number of rotatable bonds is 16. The van der Waals surface area contributed by atoms with Gasteiger partial charge in [0.15, 0.2) is 6.29 Å². The van der Waals surface area contributed by atoms with Gasteiger partial charge in [-0.1, -0.05) is 79.2 Å². The molecule has 4 N–H and O–H groups in total. The maximum absolute atomic E-state index is 12.6. The minimum Gasteiger partial charge on any atom is -0.392 e. The predicted molar refractivity (Wildman–Crippen MR) is 207 cm³/mol. The number of non-ortho nitro benzene ring substituents is 1. The number of carbonyl (C=O) groups is 2. The Bertz CT molecular complexity index is 1860. The van der Waals surface area contributed by atoms with Crippen molar-refractivity contribution in [3.8, 4) is 11.1 Å². The van der Waals surface area contributed by atoms with Crippen LogP contribution in [0.1, 0.15) is 73.2 Å². The van der Waals surface area contributed by atoms with Crippen molar-refractivity contribution >= 4 is 23.2 Å². The van der Waals surface area contributed by atoms with Crippen molar-refractivity contribution in [2.45, 2.75) is 70.2 Å². The minimum absolute atomic E-state index is 0.0249. The highest BCUT2D eigenvalue weighted by molar-refractivity contribution is 5.77. The van der Waals surface area contributed by atoms with Gasteiger partial charge in [0.05, 0.1) is 23.7 Å². The molecular weight excluding hydrogens is 702 g/mol. The third kappa shape index (κ3) is 11.0. The number of hydrogen-bond acceptors (Lipinski definition) is 10. The molecule has 2 aliphatic rings. The molecule has 55 heavy (non-hydrogen) atoms. The first-order valence-corrected chi connectivity index (χ1v) is 18.9. The first-order chi connectivity index (χ1) is 26.8. The monoisotopic (exact) mass is 751 g/mol. The van der Waals surface area contributed by atoms with Gasteiger partial charge in [-0.25, -0.2) is 5.48 Å². The second-order valence-corrected chi connectivity index (χ2v) is 14.1. The second kappa shape index (κ2) is 19.4. The fourth-order valence-corrected chi connectivity index (χ4v) is 7.16. The van der Waals surface area contributed by atoms with Crippen LogP contribution in [-0.2, 0) is 32.2 Å². The lowest BCUT2D eigenvalue weighted by atomic mass is 9.97. The maximum atomic E-state index is 12.6. The zero-order chi connectivity index (χ0) is 38.6. The summed E-state index contributed by atoms with van der Waals surface area (Å²) in [6, 6.07) is 30.7. The Morgan fingerprint density at radius 2 is 1.47 bits per heavy atom. The number of carbonyl (C=O) groups excluding carboxylic acids is 2. The maximum Gasteiger partial charge on any atom is 0.269 e. The minimum atomic E-state index is -0.593. The molecule has 0 aromatic heterocycles. The first kappa shape index (κ1) is 39.5. The molecule has 13 heteroatoms. The molecule has 4 aromatic rings. The number of benzene rings is 4. The Kier molecular flexibility index (Phi) is 14.0. The SMILES string of the molecule is O=C(CCCCCC(=O)NCc1ccccc1-c1ccc(C2OC(CN3CCN(c4ccc([N+](=O)[O-])cc4)CC3)CC(c3ccc(CO)cc3)O2)cc1)NO. The van der Waals surface area contributed by atoms with Gasteiger partial charge in [-0.05, 0) is 52.8 Å². The molecule has 6 rings (SSSR count). The topological polar surface area (TPSA) is 167 Å². The highest BCUT2D eigenvalue weighted by atomic mass is 16.7. The van der Waals surface area contributed by atoms with Crippen LogP contribution in [0.25, 0.3) is 11.1 Å². The Labute approximate surface area is 321 Å². The zero-order valence-corrected chi connectivity index (χ0v) is 30.8. The van der Waals surface area contributed by atoms with E-state index >= 15 is 0 Å². The number of ether oxygens (including phenoxy) is 2. The van der Waals surface area contributed by atoms with Crippen LogP contribution in [0.3, 0.4) is 0 Å². The van der Waals surface area contributed by atoms with Crippen molar-refractivity contribution in [1.82, 2.24) is 15.7 Å². The number of piperazine rings is 1. The van der Waals surface area contributed by atoms with Gasteiger partial charge in [-0.15, -0.1) is 0 Å². The molecule has 13 nitrogen and oxygen atoms in total. The Morgan fingerprint density at radius 1 is 0.800 bits per heavy atom. The zero-order valence-electron chi connectivity index (χ0n) is 30.8. The highest BCUT2D eigenvalue weighted by Crippen LogP contribution is 2.39. The quantitative estimate of drug-likeness (QED) is 0.0449. The normalized spacial score (nSPS) is 18.8. The van der Waals surface area contributed by atoms with Crippen molar-refractivity contribution in [3.05, 3.63) is 129 Å². The number of amides is 2. The average Bonchev–Trinajstić information content (AvgIpc) is 3.23. The molecule has 2 aliphatic heterocycles. The summed E-state index contributed by atoms with van der Waals surface area (Å²) in [6.45, 7) is 4.36. The molecule has 290 valence electrons. The summed E-state index contributed by atoms with van der Waals surface area (Å²) in [4.78, 5) is 39.1. The van der Waals surface area contributed by atoms with Gasteiger partial charge in [0.2, 0.25) is 11.8 Å². The molecule has 3 unspecified atom stereocenters. The number of nitrogens with zero attached hydrogens (tertiary/aromatic N) is 3. The van der Waals surface area contributed by atoms with Crippen molar-refractivity contribution in [2.24, 2.45) is 0 Å². The number of aliphatic hydroxyl groups excluding tert-OH is 1. The number of nitro groups is 1. The van der Waals surface area contributed by atoms with Crippen molar-refractivity contribution in [2.75, 3.05) is 37.6 Å². The van der Waals surface area contributed by atoms with Crippen LogP contribution < -0.4 is 15.7 Å². The van der Waals surface area contributed by atoms with Gasteiger partial charge in [0.25, 0.3) is 5.69 Å². The van der Waals surface area contributed by atoms with Crippen LogP contribution in [0.2, 0.25) is 0 Å². The molecule has 0 bridgehead atoms. The fourth-order valence-electron chi connectivity index (χ4n) is 7.16. The summed E-state index contributed by atoms with van der Waals surface area (Å²) in [5, 5.41) is 32.3. The molecule has 2 heterocycles.